The van der Waals surface area contributed by atoms with Gasteiger partial charge in [0, 0.05) is 42.8 Å². The largest absolute Gasteiger partial charge is 0.481 e. The Labute approximate surface area is 167 Å². The minimum absolute atomic E-state index is 0.215. The number of aryl methyl sites for hydroxylation is 1. The van der Waals surface area contributed by atoms with Gasteiger partial charge in [-0.1, -0.05) is 31.9 Å². The number of hydrogen-bond donors (Lipinski definition) is 1. The second-order valence-corrected chi connectivity index (χ2v) is 6.81. The third-order valence-corrected chi connectivity index (χ3v) is 4.21. The summed E-state index contributed by atoms with van der Waals surface area (Å²) < 4.78 is 0. The van der Waals surface area contributed by atoms with Crippen molar-refractivity contribution in [2.45, 2.75) is 45.4 Å². The number of rotatable bonds is 12. The Bertz CT molecular complexity index is 431. The highest BCUT2D eigenvalue weighted by Crippen LogP contribution is 2.16. The van der Waals surface area contributed by atoms with Crippen molar-refractivity contribution in [3.63, 3.8) is 0 Å². The van der Waals surface area contributed by atoms with Crippen LogP contribution in [0.1, 0.15) is 44.6 Å². The zero-order valence-electron chi connectivity index (χ0n) is 15.0. The molecule has 0 aliphatic carbocycles. The quantitative estimate of drug-likeness (QED) is 0.350. The second-order valence-electron chi connectivity index (χ2n) is 5.67. The molecule has 0 atom stereocenters. The van der Waals surface area contributed by atoms with Crippen LogP contribution >= 0.6 is 34.8 Å². The number of unbranched alkanes of at least 4 members (excludes halogenated alkanes) is 2. The topological polar surface area (TPSA) is 40.5 Å². The number of nitrogens with zero attached hydrogens (tertiary/aromatic N) is 1. The molecule has 25 heavy (non-hydrogen) atoms. The van der Waals surface area contributed by atoms with Crippen LogP contribution in [0, 0.1) is 0 Å². The van der Waals surface area contributed by atoms with E-state index in [-0.39, 0.29) is 6.42 Å². The molecule has 0 heterocycles. The average molecular weight is 411 g/mol. The number of carboxylic acids is 1. The molecule has 144 valence electrons. The van der Waals surface area contributed by atoms with Crippen molar-refractivity contribution in [2.24, 2.45) is 0 Å². The zero-order chi connectivity index (χ0) is 18.9. The number of halogens is 3. The van der Waals surface area contributed by atoms with Crippen LogP contribution in [0.25, 0.3) is 0 Å². The van der Waals surface area contributed by atoms with E-state index in [2.05, 4.69) is 11.8 Å². The lowest BCUT2D eigenvalue weighted by Crippen LogP contribution is -2.27. The van der Waals surface area contributed by atoms with Gasteiger partial charge in [-0.25, -0.2) is 0 Å². The van der Waals surface area contributed by atoms with Crippen molar-refractivity contribution in [3.05, 3.63) is 29.8 Å². The molecule has 1 aromatic rings. The first kappa shape index (κ1) is 24.4. The monoisotopic (exact) mass is 409 g/mol. The predicted molar refractivity (Wildman–Crippen MR) is 111 cm³/mol. The molecule has 0 bridgehead atoms. The van der Waals surface area contributed by atoms with Crippen LogP contribution in [0.2, 0.25) is 0 Å². The second kappa shape index (κ2) is 16.8. The first-order valence-corrected chi connectivity index (χ1v) is 10.4. The molecule has 1 aromatic carbocycles. The van der Waals surface area contributed by atoms with Gasteiger partial charge in [-0.15, -0.1) is 34.8 Å². The van der Waals surface area contributed by atoms with Gasteiger partial charge in [0.2, 0.25) is 0 Å². The van der Waals surface area contributed by atoms with Gasteiger partial charge in [0.25, 0.3) is 0 Å². The van der Waals surface area contributed by atoms with E-state index >= 15 is 0 Å². The van der Waals surface area contributed by atoms with Gasteiger partial charge in [-0.2, -0.15) is 0 Å². The Kier molecular flexibility index (Phi) is 16.4. The summed E-state index contributed by atoms with van der Waals surface area (Å²) >= 11 is 16.9. The fourth-order valence-electron chi connectivity index (χ4n) is 2.24. The maximum absolute atomic E-state index is 10.4. The van der Waals surface area contributed by atoms with Crippen molar-refractivity contribution in [2.75, 3.05) is 35.6 Å². The molecule has 0 fully saturated rings. The van der Waals surface area contributed by atoms with Gasteiger partial charge in [-0.3, -0.25) is 4.79 Å². The van der Waals surface area contributed by atoms with E-state index < -0.39 is 5.97 Å². The molecule has 0 saturated carbocycles. The highest BCUT2D eigenvalue weighted by Gasteiger charge is 2.05. The Balaban J connectivity index is 0.000000823. The lowest BCUT2D eigenvalue weighted by molar-refractivity contribution is -0.137. The van der Waals surface area contributed by atoms with E-state index in [0.717, 1.165) is 36.6 Å². The molecule has 1 N–H and O–H groups in total. The molecular weight excluding hydrogens is 381 g/mol. The maximum atomic E-state index is 10.4. The predicted octanol–water partition coefficient (Wildman–Crippen LogP) is 5.79. The van der Waals surface area contributed by atoms with Crippen LogP contribution in [-0.4, -0.2) is 41.8 Å². The summed E-state index contributed by atoms with van der Waals surface area (Å²) in [6.45, 7) is 3.71. The number of carboxylic acid groups (broad SMARTS) is 1. The van der Waals surface area contributed by atoms with Gasteiger partial charge in [0.1, 0.15) is 0 Å². The third-order valence-electron chi connectivity index (χ3n) is 3.60. The lowest BCUT2D eigenvalue weighted by Gasteiger charge is -2.23. The van der Waals surface area contributed by atoms with Gasteiger partial charge < -0.3 is 10.0 Å². The van der Waals surface area contributed by atoms with Gasteiger partial charge in [-0.05, 0) is 37.0 Å². The van der Waals surface area contributed by atoms with Gasteiger partial charge >= 0.3 is 5.97 Å². The van der Waals surface area contributed by atoms with Crippen molar-refractivity contribution in [1.29, 1.82) is 0 Å². The van der Waals surface area contributed by atoms with E-state index in [1.165, 1.54) is 19.3 Å². The standard InChI is InChI=1S/C14H19Cl2NO2.C5H11Cl/c15-8-10-17(11-9-16)13-6-4-12(5-7-13)2-1-3-14(18)19;1-2-3-4-5-6/h4-7H,1-3,8-11H2,(H,18,19);2-5H2,1H3. The van der Waals surface area contributed by atoms with Crippen LogP contribution < -0.4 is 4.90 Å². The van der Waals surface area contributed by atoms with Crippen LogP contribution in [0.4, 0.5) is 5.69 Å². The number of anilines is 1. The molecule has 0 aliphatic heterocycles. The Hall–Kier alpha value is -0.640. The SMILES string of the molecule is CCCCCCl.O=C(O)CCCc1ccc(N(CCCl)CCCl)cc1. The van der Waals surface area contributed by atoms with Crippen LogP contribution in [0.3, 0.4) is 0 Å². The Morgan fingerprint density at radius 2 is 1.56 bits per heavy atom. The summed E-state index contributed by atoms with van der Waals surface area (Å²) in [6.07, 6.45) is 5.40. The summed E-state index contributed by atoms with van der Waals surface area (Å²) in [5, 5.41) is 8.59. The molecule has 3 nitrogen and oxygen atoms in total. The number of aliphatic carboxylic acids is 1. The smallest absolute Gasteiger partial charge is 0.303 e. The van der Waals surface area contributed by atoms with Crippen LogP contribution in [0.5, 0.6) is 0 Å². The summed E-state index contributed by atoms with van der Waals surface area (Å²) in [5.41, 5.74) is 2.25. The highest BCUT2D eigenvalue weighted by atomic mass is 35.5. The van der Waals surface area contributed by atoms with E-state index in [0.29, 0.717) is 18.2 Å². The molecule has 0 aromatic heterocycles. The summed E-state index contributed by atoms with van der Waals surface area (Å²) in [7, 11) is 0. The summed E-state index contributed by atoms with van der Waals surface area (Å²) in [4.78, 5) is 12.6. The third kappa shape index (κ3) is 13.3. The van der Waals surface area contributed by atoms with Crippen molar-refractivity contribution in [1.82, 2.24) is 0 Å². The number of carbonyl (C=O) groups is 1. The van der Waals surface area contributed by atoms with Crippen molar-refractivity contribution in [3.8, 4) is 0 Å². The molecule has 0 saturated heterocycles. The first-order valence-electron chi connectivity index (χ1n) is 8.82. The maximum Gasteiger partial charge on any atom is 0.303 e. The van der Waals surface area contributed by atoms with E-state index in [1.54, 1.807) is 0 Å². The molecule has 6 heteroatoms. The number of benzene rings is 1. The Morgan fingerprint density at radius 1 is 0.960 bits per heavy atom. The summed E-state index contributed by atoms with van der Waals surface area (Å²) in [6, 6.07) is 8.14. The summed E-state index contributed by atoms with van der Waals surface area (Å²) in [5.74, 6) is 1.22. The molecule has 1 rings (SSSR count). The normalized spacial score (nSPS) is 10.1. The molecule has 0 radical (unpaired) electrons. The minimum atomic E-state index is -0.743. The van der Waals surface area contributed by atoms with Gasteiger partial charge in [0.05, 0.1) is 0 Å². The van der Waals surface area contributed by atoms with Crippen molar-refractivity contribution >= 4 is 46.5 Å². The van der Waals surface area contributed by atoms with Gasteiger partial charge in [0.15, 0.2) is 0 Å². The molecule has 0 spiro atoms. The molecule has 0 amide bonds. The van der Waals surface area contributed by atoms with Crippen molar-refractivity contribution < 1.29 is 9.90 Å². The minimum Gasteiger partial charge on any atom is -0.481 e. The average Bonchev–Trinajstić information content (AvgIpc) is 2.61. The fraction of sp³-hybridized carbons (Fsp3) is 0.632. The molecule has 0 unspecified atom stereocenters. The van der Waals surface area contributed by atoms with Crippen LogP contribution in [0.15, 0.2) is 24.3 Å². The van der Waals surface area contributed by atoms with E-state index in [1.807, 2.05) is 24.3 Å². The first-order chi connectivity index (χ1) is 12.1. The highest BCUT2D eigenvalue weighted by molar-refractivity contribution is 6.18. The fourth-order valence-corrected chi connectivity index (χ4v) is 2.83. The lowest BCUT2D eigenvalue weighted by atomic mass is 10.1. The number of alkyl halides is 3. The zero-order valence-corrected chi connectivity index (χ0v) is 17.3. The van der Waals surface area contributed by atoms with E-state index in [9.17, 15) is 4.79 Å². The number of hydrogen-bond acceptors (Lipinski definition) is 2. The molecular formula is C19H30Cl3NO2. The van der Waals surface area contributed by atoms with Crippen LogP contribution in [-0.2, 0) is 11.2 Å². The molecule has 0 aliphatic rings. The Morgan fingerprint density at radius 3 is 1.96 bits per heavy atom. The van der Waals surface area contributed by atoms with E-state index in [4.69, 9.17) is 39.9 Å².